The standard InChI is InChI=1S/C13H20ClNO2/c1-13(2,3)8-15-7-9-5-10(14)6-11(17-4)12(9)16/h5-6,15-16H,7-8H2,1-4H3. The van der Waals surface area contributed by atoms with E-state index < -0.39 is 0 Å². The Morgan fingerprint density at radius 3 is 2.53 bits per heavy atom. The van der Waals surface area contributed by atoms with Crippen LogP contribution in [0.5, 0.6) is 11.5 Å². The van der Waals surface area contributed by atoms with Crippen molar-refractivity contribution in [1.82, 2.24) is 5.32 Å². The Kier molecular flexibility index (Phi) is 4.66. The molecule has 17 heavy (non-hydrogen) atoms. The fourth-order valence-corrected chi connectivity index (χ4v) is 1.72. The van der Waals surface area contributed by atoms with E-state index in [4.69, 9.17) is 16.3 Å². The summed E-state index contributed by atoms with van der Waals surface area (Å²) in [5, 5.41) is 13.8. The maximum atomic E-state index is 9.92. The topological polar surface area (TPSA) is 41.5 Å². The van der Waals surface area contributed by atoms with E-state index in [2.05, 4.69) is 26.1 Å². The first-order chi connectivity index (χ1) is 7.83. The predicted molar refractivity (Wildman–Crippen MR) is 70.8 cm³/mol. The zero-order valence-corrected chi connectivity index (χ0v) is 11.6. The highest BCUT2D eigenvalue weighted by Crippen LogP contribution is 2.33. The Labute approximate surface area is 108 Å². The van der Waals surface area contributed by atoms with E-state index in [1.807, 2.05) is 0 Å². The van der Waals surface area contributed by atoms with Crippen LogP contribution in [-0.2, 0) is 6.54 Å². The Bertz CT molecular complexity index is 386. The molecule has 0 fully saturated rings. The molecule has 0 aliphatic rings. The number of nitrogens with one attached hydrogen (secondary N) is 1. The van der Waals surface area contributed by atoms with Crippen LogP contribution in [0.15, 0.2) is 12.1 Å². The molecule has 0 spiro atoms. The van der Waals surface area contributed by atoms with Gasteiger partial charge < -0.3 is 15.2 Å². The van der Waals surface area contributed by atoms with Crippen LogP contribution in [0.2, 0.25) is 5.02 Å². The van der Waals surface area contributed by atoms with Crippen LogP contribution in [0.4, 0.5) is 0 Å². The number of rotatable bonds is 4. The first-order valence-electron chi connectivity index (χ1n) is 5.59. The molecule has 0 unspecified atom stereocenters. The average molecular weight is 258 g/mol. The second-order valence-corrected chi connectivity index (χ2v) is 5.72. The van der Waals surface area contributed by atoms with Gasteiger partial charge in [-0.3, -0.25) is 0 Å². The van der Waals surface area contributed by atoms with Crippen LogP contribution in [-0.4, -0.2) is 18.8 Å². The summed E-state index contributed by atoms with van der Waals surface area (Å²) in [6.45, 7) is 7.89. The first-order valence-corrected chi connectivity index (χ1v) is 5.97. The Hall–Kier alpha value is -0.930. The van der Waals surface area contributed by atoms with E-state index in [1.165, 1.54) is 7.11 Å². The van der Waals surface area contributed by atoms with Gasteiger partial charge in [-0.15, -0.1) is 0 Å². The molecule has 0 saturated carbocycles. The van der Waals surface area contributed by atoms with Crippen LogP contribution in [0, 0.1) is 5.41 Å². The summed E-state index contributed by atoms with van der Waals surface area (Å²) in [6, 6.07) is 3.35. The summed E-state index contributed by atoms with van der Waals surface area (Å²) in [6.07, 6.45) is 0. The number of methoxy groups -OCH3 is 1. The quantitative estimate of drug-likeness (QED) is 0.871. The van der Waals surface area contributed by atoms with Gasteiger partial charge >= 0.3 is 0 Å². The maximum absolute atomic E-state index is 9.92. The molecule has 1 rings (SSSR count). The number of benzene rings is 1. The van der Waals surface area contributed by atoms with Gasteiger partial charge in [0.1, 0.15) is 0 Å². The molecule has 1 aromatic rings. The number of hydrogen-bond acceptors (Lipinski definition) is 3. The van der Waals surface area contributed by atoms with E-state index in [9.17, 15) is 5.11 Å². The minimum Gasteiger partial charge on any atom is -0.504 e. The molecule has 0 aliphatic heterocycles. The van der Waals surface area contributed by atoms with Gasteiger partial charge in [0.05, 0.1) is 7.11 Å². The van der Waals surface area contributed by atoms with Gasteiger partial charge in [-0.1, -0.05) is 32.4 Å². The normalized spacial score (nSPS) is 11.6. The number of ether oxygens (including phenoxy) is 1. The number of aromatic hydroxyl groups is 1. The lowest BCUT2D eigenvalue weighted by Crippen LogP contribution is -2.26. The van der Waals surface area contributed by atoms with Crippen molar-refractivity contribution in [2.45, 2.75) is 27.3 Å². The van der Waals surface area contributed by atoms with Gasteiger partial charge in [0.2, 0.25) is 0 Å². The van der Waals surface area contributed by atoms with Crippen LogP contribution in [0.25, 0.3) is 0 Å². The highest BCUT2D eigenvalue weighted by atomic mass is 35.5. The lowest BCUT2D eigenvalue weighted by molar-refractivity contribution is 0.361. The van der Waals surface area contributed by atoms with E-state index in [-0.39, 0.29) is 11.2 Å². The predicted octanol–water partition coefficient (Wildman–Crippen LogP) is 3.19. The molecule has 96 valence electrons. The van der Waals surface area contributed by atoms with Crippen molar-refractivity contribution in [2.75, 3.05) is 13.7 Å². The molecule has 0 saturated heterocycles. The van der Waals surface area contributed by atoms with Crippen LogP contribution in [0.3, 0.4) is 0 Å². The highest BCUT2D eigenvalue weighted by molar-refractivity contribution is 6.30. The van der Waals surface area contributed by atoms with Crippen LogP contribution in [0.1, 0.15) is 26.3 Å². The zero-order chi connectivity index (χ0) is 13.1. The lowest BCUT2D eigenvalue weighted by Gasteiger charge is -2.19. The first kappa shape index (κ1) is 14.1. The minimum atomic E-state index is 0.151. The zero-order valence-electron chi connectivity index (χ0n) is 10.8. The van der Waals surface area contributed by atoms with Gasteiger partial charge in [0, 0.05) is 29.7 Å². The summed E-state index contributed by atoms with van der Waals surface area (Å²) < 4.78 is 5.05. The molecule has 0 aromatic heterocycles. The molecule has 0 heterocycles. The Balaban J connectivity index is 2.74. The van der Waals surface area contributed by atoms with Crippen molar-refractivity contribution >= 4 is 11.6 Å². The molecule has 0 bridgehead atoms. The van der Waals surface area contributed by atoms with E-state index in [0.717, 1.165) is 12.1 Å². The number of halogens is 1. The van der Waals surface area contributed by atoms with E-state index in [1.54, 1.807) is 12.1 Å². The van der Waals surface area contributed by atoms with Crippen molar-refractivity contribution in [1.29, 1.82) is 0 Å². The highest BCUT2D eigenvalue weighted by Gasteiger charge is 2.12. The minimum absolute atomic E-state index is 0.151. The van der Waals surface area contributed by atoms with Crippen molar-refractivity contribution in [3.8, 4) is 11.5 Å². The molecular formula is C13H20ClNO2. The summed E-state index contributed by atoms with van der Waals surface area (Å²) in [4.78, 5) is 0. The number of hydrogen-bond donors (Lipinski definition) is 2. The van der Waals surface area contributed by atoms with Gasteiger partial charge in [-0.25, -0.2) is 0 Å². The molecule has 0 atom stereocenters. The smallest absolute Gasteiger partial charge is 0.162 e. The molecule has 0 aliphatic carbocycles. The summed E-state index contributed by atoms with van der Waals surface area (Å²) in [5.41, 5.74) is 0.955. The van der Waals surface area contributed by atoms with Gasteiger partial charge in [0.15, 0.2) is 11.5 Å². The Morgan fingerprint density at radius 1 is 1.35 bits per heavy atom. The number of phenolic OH excluding ortho intramolecular Hbond substituents is 1. The van der Waals surface area contributed by atoms with Crippen molar-refractivity contribution in [3.63, 3.8) is 0 Å². The van der Waals surface area contributed by atoms with Crippen LogP contribution >= 0.6 is 11.6 Å². The Morgan fingerprint density at radius 2 is 2.00 bits per heavy atom. The molecule has 3 nitrogen and oxygen atoms in total. The average Bonchev–Trinajstić information content (AvgIpc) is 2.20. The van der Waals surface area contributed by atoms with E-state index in [0.29, 0.717) is 17.3 Å². The lowest BCUT2D eigenvalue weighted by atomic mass is 9.97. The van der Waals surface area contributed by atoms with Crippen molar-refractivity contribution in [2.24, 2.45) is 5.41 Å². The van der Waals surface area contributed by atoms with E-state index >= 15 is 0 Å². The second-order valence-electron chi connectivity index (χ2n) is 5.28. The molecule has 0 radical (unpaired) electrons. The largest absolute Gasteiger partial charge is 0.504 e. The van der Waals surface area contributed by atoms with Gasteiger partial charge in [-0.2, -0.15) is 0 Å². The second kappa shape index (κ2) is 5.61. The summed E-state index contributed by atoms with van der Waals surface area (Å²) >= 11 is 5.95. The van der Waals surface area contributed by atoms with Gasteiger partial charge in [-0.05, 0) is 11.5 Å². The summed E-state index contributed by atoms with van der Waals surface area (Å²) in [7, 11) is 1.51. The SMILES string of the molecule is COc1cc(Cl)cc(CNCC(C)(C)C)c1O. The van der Waals surface area contributed by atoms with Crippen LogP contribution < -0.4 is 10.1 Å². The molecule has 2 N–H and O–H groups in total. The fourth-order valence-electron chi connectivity index (χ4n) is 1.49. The van der Waals surface area contributed by atoms with Crippen molar-refractivity contribution < 1.29 is 9.84 Å². The molecule has 1 aromatic carbocycles. The monoisotopic (exact) mass is 257 g/mol. The third-order valence-electron chi connectivity index (χ3n) is 2.31. The number of phenols is 1. The van der Waals surface area contributed by atoms with Crippen molar-refractivity contribution in [3.05, 3.63) is 22.7 Å². The molecular weight excluding hydrogens is 238 g/mol. The third-order valence-corrected chi connectivity index (χ3v) is 2.53. The maximum Gasteiger partial charge on any atom is 0.162 e. The summed E-state index contributed by atoms with van der Waals surface area (Å²) in [5.74, 6) is 0.559. The molecule has 0 amide bonds. The fraction of sp³-hybridized carbons (Fsp3) is 0.538. The molecule has 4 heteroatoms. The van der Waals surface area contributed by atoms with Gasteiger partial charge in [0.25, 0.3) is 0 Å². The third kappa shape index (κ3) is 4.44.